The lowest BCUT2D eigenvalue weighted by atomic mass is 9.94. The summed E-state index contributed by atoms with van der Waals surface area (Å²) in [5, 5.41) is 10.0. The van der Waals surface area contributed by atoms with Crippen LogP contribution in [0.4, 0.5) is 0 Å². The van der Waals surface area contributed by atoms with Crippen LogP contribution >= 0.6 is 0 Å². The fraction of sp³-hybridized carbons (Fsp3) is 0.500. The molecule has 0 saturated heterocycles. The van der Waals surface area contributed by atoms with E-state index in [0.29, 0.717) is 0 Å². The van der Waals surface area contributed by atoms with Crippen molar-refractivity contribution in [1.82, 2.24) is 0 Å². The fourth-order valence-corrected chi connectivity index (χ4v) is 1.62. The van der Waals surface area contributed by atoms with Crippen molar-refractivity contribution in [3.63, 3.8) is 0 Å². The van der Waals surface area contributed by atoms with Crippen molar-refractivity contribution in [1.29, 1.82) is 0 Å². The van der Waals surface area contributed by atoms with Crippen LogP contribution < -0.4 is 0 Å². The van der Waals surface area contributed by atoms with Crippen molar-refractivity contribution in [2.24, 2.45) is 5.41 Å². The van der Waals surface area contributed by atoms with E-state index in [-0.39, 0.29) is 11.5 Å². The molecule has 70 valence electrons. The third-order valence-electron chi connectivity index (χ3n) is 3.09. The molecule has 1 unspecified atom stereocenters. The first-order valence-corrected chi connectivity index (χ1v) is 4.86. The minimum Gasteiger partial charge on any atom is -0.388 e. The highest BCUT2D eigenvalue weighted by Crippen LogP contribution is 2.54. The van der Waals surface area contributed by atoms with Crippen LogP contribution in [0.15, 0.2) is 24.3 Å². The average Bonchev–Trinajstić information content (AvgIpc) is 2.85. The lowest BCUT2D eigenvalue weighted by molar-refractivity contribution is 0.104. The normalized spacial score (nSPS) is 21.2. The number of hydrogen-bond acceptors (Lipinski definition) is 1. The second-order valence-electron chi connectivity index (χ2n) is 4.47. The Morgan fingerprint density at radius 2 is 1.77 bits per heavy atom. The molecule has 0 aliphatic heterocycles. The Kier molecular flexibility index (Phi) is 1.92. The van der Waals surface area contributed by atoms with Crippen LogP contribution in [0.1, 0.15) is 37.0 Å². The van der Waals surface area contributed by atoms with Crippen LogP contribution in [-0.2, 0) is 0 Å². The zero-order valence-electron chi connectivity index (χ0n) is 8.25. The van der Waals surface area contributed by atoms with Gasteiger partial charge >= 0.3 is 0 Å². The van der Waals surface area contributed by atoms with Gasteiger partial charge in [0.1, 0.15) is 0 Å². The van der Waals surface area contributed by atoms with Gasteiger partial charge in [0, 0.05) is 0 Å². The first kappa shape index (κ1) is 8.76. The zero-order valence-corrected chi connectivity index (χ0v) is 8.25. The number of aliphatic hydroxyl groups excluding tert-OH is 1. The minimum absolute atomic E-state index is 0.162. The molecule has 1 N–H and O–H groups in total. The minimum atomic E-state index is -0.270. The van der Waals surface area contributed by atoms with Gasteiger partial charge in [0.15, 0.2) is 0 Å². The molecule has 0 spiro atoms. The Hall–Kier alpha value is -0.820. The van der Waals surface area contributed by atoms with E-state index in [9.17, 15) is 5.11 Å². The highest BCUT2D eigenvalue weighted by molar-refractivity contribution is 5.25. The first-order valence-electron chi connectivity index (χ1n) is 4.86. The number of benzene rings is 1. The van der Waals surface area contributed by atoms with E-state index in [4.69, 9.17) is 0 Å². The van der Waals surface area contributed by atoms with Crippen molar-refractivity contribution in [2.75, 3.05) is 0 Å². The summed E-state index contributed by atoms with van der Waals surface area (Å²) in [7, 11) is 0. The summed E-state index contributed by atoms with van der Waals surface area (Å²) in [6.45, 7) is 4.21. The van der Waals surface area contributed by atoms with Crippen LogP contribution in [0, 0.1) is 12.3 Å². The molecule has 2 rings (SSSR count). The molecule has 0 heterocycles. The van der Waals surface area contributed by atoms with E-state index in [2.05, 4.69) is 26.0 Å². The SMILES string of the molecule is Cc1ccc(C(O)C2(C)CC2)cc1. The molecule has 1 saturated carbocycles. The van der Waals surface area contributed by atoms with Crippen LogP contribution in [-0.4, -0.2) is 5.11 Å². The molecule has 1 aliphatic rings. The van der Waals surface area contributed by atoms with Gasteiger partial charge in [-0.25, -0.2) is 0 Å². The predicted molar refractivity (Wildman–Crippen MR) is 53.5 cm³/mol. The summed E-state index contributed by atoms with van der Waals surface area (Å²) in [6, 6.07) is 8.18. The number of aryl methyl sites for hydroxylation is 1. The van der Waals surface area contributed by atoms with Crippen molar-refractivity contribution in [2.45, 2.75) is 32.8 Å². The molecular weight excluding hydrogens is 160 g/mol. The Morgan fingerprint density at radius 1 is 1.23 bits per heavy atom. The van der Waals surface area contributed by atoms with Gasteiger partial charge in [0.05, 0.1) is 6.10 Å². The highest BCUT2D eigenvalue weighted by atomic mass is 16.3. The Labute approximate surface area is 79.4 Å². The van der Waals surface area contributed by atoms with E-state index >= 15 is 0 Å². The van der Waals surface area contributed by atoms with Gasteiger partial charge in [-0.1, -0.05) is 36.8 Å². The van der Waals surface area contributed by atoms with Crippen molar-refractivity contribution < 1.29 is 5.11 Å². The van der Waals surface area contributed by atoms with Crippen molar-refractivity contribution >= 4 is 0 Å². The van der Waals surface area contributed by atoms with Gasteiger partial charge in [-0.3, -0.25) is 0 Å². The van der Waals surface area contributed by atoms with Crippen LogP contribution in [0.5, 0.6) is 0 Å². The Morgan fingerprint density at radius 3 is 2.23 bits per heavy atom. The molecule has 1 aliphatic carbocycles. The van der Waals surface area contributed by atoms with Gasteiger partial charge in [0.25, 0.3) is 0 Å². The van der Waals surface area contributed by atoms with Crippen LogP contribution in [0.3, 0.4) is 0 Å². The molecule has 0 amide bonds. The molecule has 13 heavy (non-hydrogen) atoms. The summed E-state index contributed by atoms with van der Waals surface area (Å²) in [4.78, 5) is 0. The molecule has 0 aromatic heterocycles. The summed E-state index contributed by atoms with van der Waals surface area (Å²) < 4.78 is 0. The standard InChI is InChI=1S/C12H16O/c1-9-3-5-10(6-4-9)11(13)12(2)7-8-12/h3-6,11,13H,7-8H2,1-2H3. The van der Waals surface area contributed by atoms with Crippen molar-refractivity contribution in [3.8, 4) is 0 Å². The molecule has 0 radical (unpaired) electrons. The lowest BCUT2D eigenvalue weighted by Gasteiger charge is -2.17. The molecule has 1 heteroatoms. The monoisotopic (exact) mass is 176 g/mol. The second kappa shape index (κ2) is 2.85. The first-order chi connectivity index (χ1) is 6.12. The Balaban J connectivity index is 2.20. The lowest BCUT2D eigenvalue weighted by Crippen LogP contribution is -2.09. The number of aliphatic hydroxyl groups is 1. The van der Waals surface area contributed by atoms with Gasteiger partial charge in [-0.15, -0.1) is 0 Å². The highest BCUT2D eigenvalue weighted by Gasteiger charge is 2.44. The van der Waals surface area contributed by atoms with E-state index < -0.39 is 0 Å². The van der Waals surface area contributed by atoms with Gasteiger partial charge in [0.2, 0.25) is 0 Å². The largest absolute Gasteiger partial charge is 0.388 e. The average molecular weight is 176 g/mol. The topological polar surface area (TPSA) is 20.2 Å². The maximum absolute atomic E-state index is 10.0. The van der Waals surface area contributed by atoms with Crippen LogP contribution in [0.2, 0.25) is 0 Å². The fourth-order valence-electron chi connectivity index (χ4n) is 1.62. The second-order valence-corrected chi connectivity index (χ2v) is 4.47. The van der Waals surface area contributed by atoms with E-state index in [1.165, 1.54) is 5.56 Å². The zero-order chi connectivity index (χ0) is 9.47. The van der Waals surface area contributed by atoms with Gasteiger partial charge in [-0.05, 0) is 30.7 Å². The maximum Gasteiger partial charge on any atom is 0.0843 e. The predicted octanol–water partition coefficient (Wildman–Crippen LogP) is 2.83. The molecule has 1 nitrogen and oxygen atoms in total. The van der Waals surface area contributed by atoms with E-state index in [0.717, 1.165) is 18.4 Å². The molecular formula is C12H16O. The number of rotatable bonds is 2. The molecule has 1 aromatic rings. The maximum atomic E-state index is 10.0. The van der Waals surface area contributed by atoms with Gasteiger partial charge in [-0.2, -0.15) is 0 Å². The molecule has 1 aromatic carbocycles. The number of hydrogen-bond donors (Lipinski definition) is 1. The molecule has 0 bridgehead atoms. The molecule has 1 atom stereocenters. The smallest absolute Gasteiger partial charge is 0.0843 e. The van der Waals surface area contributed by atoms with Crippen LogP contribution in [0.25, 0.3) is 0 Å². The summed E-state index contributed by atoms with van der Waals surface area (Å²) in [5.41, 5.74) is 2.47. The summed E-state index contributed by atoms with van der Waals surface area (Å²) >= 11 is 0. The van der Waals surface area contributed by atoms with Gasteiger partial charge < -0.3 is 5.11 Å². The van der Waals surface area contributed by atoms with Crippen molar-refractivity contribution in [3.05, 3.63) is 35.4 Å². The molecule has 1 fully saturated rings. The summed E-state index contributed by atoms with van der Waals surface area (Å²) in [6.07, 6.45) is 2.04. The Bertz CT molecular complexity index is 295. The quantitative estimate of drug-likeness (QED) is 0.734. The van der Waals surface area contributed by atoms with E-state index in [1.54, 1.807) is 0 Å². The van der Waals surface area contributed by atoms with E-state index in [1.807, 2.05) is 12.1 Å². The third kappa shape index (κ3) is 1.61. The summed E-state index contributed by atoms with van der Waals surface area (Å²) in [5.74, 6) is 0. The third-order valence-corrected chi connectivity index (χ3v) is 3.09.